The molecule has 0 N–H and O–H groups in total. The largest absolute Gasteiger partial charge is 0.501 e. The molecule has 0 aliphatic rings. The summed E-state index contributed by atoms with van der Waals surface area (Å²) in [5.41, 5.74) is -3.95. The fraction of sp³-hybridized carbons (Fsp3) is 0.462. The van der Waals surface area contributed by atoms with Crippen LogP contribution >= 0.6 is 0 Å². The Morgan fingerprint density at radius 3 is 2.24 bits per heavy atom. The molecule has 0 spiro atoms. The molecule has 0 aliphatic carbocycles. The molecule has 0 bridgehead atoms. The van der Waals surface area contributed by atoms with Crippen LogP contribution in [0.5, 0.6) is 0 Å². The third-order valence-corrected chi connectivity index (χ3v) is 4.65. The Morgan fingerprint density at radius 2 is 1.76 bits per heavy atom. The lowest BCUT2D eigenvalue weighted by molar-refractivity contribution is -0.0435. The highest BCUT2D eigenvalue weighted by Gasteiger charge is 2.47. The van der Waals surface area contributed by atoms with E-state index in [1.165, 1.54) is 6.20 Å². The number of pyridine rings is 1. The number of imidazole rings is 1. The lowest BCUT2D eigenvalue weighted by atomic mass is 9.91. The summed E-state index contributed by atoms with van der Waals surface area (Å²) < 4.78 is 62.2. The molecule has 2 aromatic heterocycles. The number of aryl methyl sites for hydroxylation is 1. The van der Waals surface area contributed by atoms with E-state index in [4.69, 9.17) is 0 Å². The summed E-state index contributed by atoms with van der Waals surface area (Å²) in [6.07, 6.45) is 1.30. The number of aromatic nitrogens is 2. The standard InChI is InChI=1S/C13H15F3N2O2S/c1-8-11(12(2,3)4)17-10-7-9(5-6-18(8)10)21(19,20)13(14,15)16/h5-7H,1-4H3. The Kier molecular flexibility index (Phi) is 3.36. The molecule has 8 heteroatoms. The molecule has 0 aliphatic heterocycles. The molecule has 0 saturated heterocycles. The van der Waals surface area contributed by atoms with Crippen molar-refractivity contribution in [1.29, 1.82) is 0 Å². The molecule has 0 atom stereocenters. The van der Waals surface area contributed by atoms with Crippen LogP contribution in [0.4, 0.5) is 13.2 Å². The van der Waals surface area contributed by atoms with Crippen molar-refractivity contribution >= 4 is 15.5 Å². The summed E-state index contributed by atoms with van der Waals surface area (Å²) in [6.45, 7) is 7.57. The molecule has 0 unspecified atom stereocenters. The molecule has 21 heavy (non-hydrogen) atoms. The predicted octanol–water partition coefficient (Wildman–Crippen LogP) is 3.23. The smallest absolute Gasteiger partial charge is 0.304 e. The Hall–Kier alpha value is -1.57. The van der Waals surface area contributed by atoms with Crippen molar-refractivity contribution in [3.63, 3.8) is 0 Å². The number of halogens is 3. The minimum absolute atomic E-state index is 0.183. The van der Waals surface area contributed by atoms with Crippen LogP contribution < -0.4 is 0 Å². The molecule has 0 amide bonds. The number of nitrogens with zero attached hydrogens (tertiary/aromatic N) is 2. The number of hydrogen-bond donors (Lipinski definition) is 0. The Balaban J connectivity index is 2.70. The van der Waals surface area contributed by atoms with Gasteiger partial charge in [-0.05, 0) is 13.0 Å². The van der Waals surface area contributed by atoms with Gasteiger partial charge in [0, 0.05) is 23.4 Å². The van der Waals surface area contributed by atoms with Gasteiger partial charge in [0.05, 0.1) is 10.6 Å². The fourth-order valence-electron chi connectivity index (χ4n) is 2.16. The van der Waals surface area contributed by atoms with E-state index in [1.807, 2.05) is 20.8 Å². The van der Waals surface area contributed by atoms with Gasteiger partial charge in [-0.25, -0.2) is 13.4 Å². The number of alkyl halides is 3. The van der Waals surface area contributed by atoms with Gasteiger partial charge in [-0.2, -0.15) is 13.2 Å². The van der Waals surface area contributed by atoms with Crippen LogP contribution in [0.3, 0.4) is 0 Å². The normalized spacial score (nSPS) is 13.9. The quantitative estimate of drug-likeness (QED) is 0.810. The van der Waals surface area contributed by atoms with Crippen LogP contribution in [-0.4, -0.2) is 23.3 Å². The van der Waals surface area contributed by atoms with E-state index in [-0.39, 0.29) is 11.1 Å². The van der Waals surface area contributed by atoms with Crippen molar-refractivity contribution < 1.29 is 21.6 Å². The predicted molar refractivity (Wildman–Crippen MR) is 71.9 cm³/mol. The second kappa shape index (κ2) is 4.46. The summed E-state index contributed by atoms with van der Waals surface area (Å²) in [4.78, 5) is 3.47. The van der Waals surface area contributed by atoms with E-state index < -0.39 is 20.2 Å². The number of fused-ring (bicyclic) bond motifs is 1. The number of hydrogen-bond acceptors (Lipinski definition) is 3. The highest BCUT2D eigenvalue weighted by molar-refractivity contribution is 7.92. The zero-order valence-corrected chi connectivity index (χ0v) is 12.8. The number of rotatable bonds is 1. The molecular formula is C13H15F3N2O2S. The SMILES string of the molecule is Cc1c(C(C)(C)C)nc2cc(S(=O)(=O)C(F)(F)F)ccn12. The Labute approximate surface area is 120 Å². The van der Waals surface area contributed by atoms with Crippen molar-refractivity contribution in [2.24, 2.45) is 0 Å². The van der Waals surface area contributed by atoms with Crippen LogP contribution in [0.2, 0.25) is 0 Å². The molecular weight excluding hydrogens is 305 g/mol. The topological polar surface area (TPSA) is 51.4 Å². The van der Waals surface area contributed by atoms with Crippen molar-refractivity contribution in [2.75, 3.05) is 0 Å². The van der Waals surface area contributed by atoms with Gasteiger partial charge in [0.25, 0.3) is 9.84 Å². The summed E-state index contributed by atoms with van der Waals surface area (Å²) in [5, 5.41) is 0. The van der Waals surface area contributed by atoms with Gasteiger partial charge in [-0.3, -0.25) is 0 Å². The average molecular weight is 320 g/mol. The molecule has 2 aromatic rings. The summed E-state index contributed by atoms with van der Waals surface area (Å²) in [7, 11) is -5.36. The van der Waals surface area contributed by atoms with Gasteiger partial charge in [-0.1, -0.05) is 20.8 Å². The minimum Gasteiger partial charge on any atom is -0.304 e. The molecule has 116 valence electrons. The fourth-order valence-corrected chi connectivity index (χ4v) is 2.93. The van der Waals surface area contributed by atoms with Gasteiger partial charge in [-0.15, -0.1) is 0 Å². The van der Waals surface area contributed by atoms with Gasteiger partial charge >= 0.3 is 5.51 Å². The van der Waals surface area contributed by atoms with Crippen LogP contribution in [-0.2, 0) is 15.3 Å². The first-order chi connectivity index (χ1) is 9.35. The third-order valence-electron chi connectivity index (χ3n) is 3.16. The molecule has 0 fully saturated rings. The monoisotopic (exact) mass is 320 g/mol. The van der Waals surface area contributed by atoms with Crippen molar-refractivity contribution in [2.45, 2.75) is 43.5 Å². The van der Waals surface area contributed by atoms with Crippen molar-refractivity contribution in [3.05, 3.63) is 29.7 Å². The molecule has 0 radical (unpaired) electrons. The lowest BCUT2D eigenvalue weighted by Gasteiger charge is -2.16. The van der Waals surface area contributed by atoms with E-state index in [9.17, 15) is 21.6 Å². The minimum atomic E-state index is -5.36. The molecule has 0 aromatic carbocycles. The van der Waals surface area contributed by atoms with Gasteiger partial charge < -0.3 is 4.40 Å². The Morgan fingerprint density at radius 1 is 1.19 bits per heavy atom. The first-order valence-corrected chi connectivity index (χ1v) is 7.64. The van der Waals surface area contributed by atoms with Gasteiger partial charge in [0.15, 0.2) is 0 Å². The summed E-state index contributed by atoms with van der Waals surface area (Å²) in [5.74, 6) is 0. The third kappa shape index (κ3) is 2.52. The maximum atomic E-state index is 12.6. The summed E-state index contributed by atoms with van der Waals surface area (Å²) >= 11 is 0. The number of sulfone groups is 1. The van der Waals surface area contributed by atoms with E-state index in [0.717, 1.165) is 17.8 Å². The summed E-state index contributed by atoms with van der Waals surface area (Å²) in [6, 6.07) is 1.89. The molecule has 2 rings (SSSR count). The van der Waals surface area contributed by atoms with E-state index in [1.54, 1.807) is 11.3 Å². The van der Waals surface area contributed by atoms with Crippen LogP contribution in [0.25, 0.3) is 5.65 Å². The van der Waals surface area contributed by atoms with Crippen molar-refractivity contribution in [1.82, 2.24) is 9.38 Å². The second-order valence-corrected chi connectivity index (χ2v) is 7.78. The molecule has 4 nitrogen and oxygen atoms in total. The highest BCUT2D eigenvalue weighted by atomic mass is 32.2. The Bertz CT molecular complexity index is 799. The zero-order valence-electron chi connectivity index (χ0n) is 12.0. The van der Waals surface area contributed by atoms with E-state index in [0.29, 0.717) is 5.69 Å². The van der Waals surface area contributed by atoms with Crippen LogP contribution in [0.15, 0.2) is 23.2 Å². The van der Waals surface area contributed by atoms with E-state index in [2.05, 4.69) is 4.98 Å². The lowest BCUT2D eigenvalue weighted by Crippen LogP contribution is -2.23. The van der Waals surface area contributed by atoms with Crippen LogP contribution in [0, 0.1) is 6.92 Å². The molecule has 0 saturated carbocycles. The maximum Gasteiger partial charge on any atom is 0.501 e. The molecule has 2 heterocycles. The first kappa shape index (κ1) is 15.8. The maximum absolute atomic E-state index is 12.6. The highest BCUT2D eigenvalue weighted by Crippen LogP contribution is 2.32. The van der Waals surface area contributed by atoms with Gasteiger partial charge in [0.2, 0.25) is 0 Å². The second-order valence-electron chi connectivity index (χ2n) is 5.84. The van der Waals surface area contributed by atoms with Gasteiger partial charge in [0.1, 0.15) is 5.65 Å². The first-order valence-electron chi connectivity index (χ1n) is 6.16. The van der Waals surface area contributed by atoms with Crippen molar-refractivity contribution in [3.8, 4) is 0 Å². The van der Waals surface area contributed by atoms with E-state index >= 15 is 0 Å². The van der Waals surface area contributed by atoms with Crippen LogP contribution in [0.1, 0.15) is 32.2 Å². The average Bonchev–Trinajstić information content (AvgIpc) is 2.64. The zero-order chi connectivity index (χ0) is 16.2.